The van der Waals surface area contributed by atoms with E-state index in [0.717, 1.165) is 4.57 Å². The van der Waals surface area contributed by atoms with E-state index < -0.39 is 42.6 Å². The predicted octanol–water partition coefficient (Wildman–Crippen LogP) is 2.34. The number of morpholine rings is 1. The molecule has 0 amide bonds. The Balaban J connectivity index is 1.88. The van der Waals surface area contributed by atoms with Crippen LogP contribution in [0.3, 0.4) is 0 Å². The lowest BCUT2D eigenvalue weighted by Crippen LogP contribution is -2.55. The lowest BCUT2D eigenvalue weighted by Gasteiger charge is -2.43. The molecule has 3 atom stereocenters. The Morgan fingerprint density at radius 2 is 2.06 bits per heavy atom. The van der Waals surface area contributed by atoms with E-state index in [1.165, 1.54) is 18.3 Å². The number of aromatic amines is 1. The Labute approximate surface area is 173 Å². The number of ether oxygens (including phenoxy) is 1. The van der Waals surface area contributed by atoms with Crippen LogP contribution >= 0.6 is 0 Å². The molecule has 2 aromatic heterocycles. The molecule has 8 nitrogen and oxygen atoms in total. The summed E-state index contributed by atoms with van der Waals surface area (Å²) in [5.74, 6) is -0.307. The number of hydrogen-bond donors (Lipinski definition) is 1. The van der Waals surface area contributed by atoms with Crippen LogP contribution in [0.25, 0.3) is 0 Å². The van der Waals surface area contributed by atoms with Gasteiger partial charge in [-0.05, 0) is 19.4 Å². The van der Waals surface area contributed by atoms with E-state index in [9.17, 15) is 26.7 Å². The van der Waals surface area contributed by atoms with E-state index in [0.29, 0.717) is 24.7 Å². The molecule has 1 N–H and O–H groups in total. The van der Waals surface area contributed by atoms with Crippen molar-refractivity contribution in [2.24, 2.45) is 0 Å². The highest BCUT2D eigenvalue weighted by Gasteiger charge is 2.51. The van der Waals surface area contributed by atoms with Crippen molar-refractivity contribution >= 4 is 11.8 Å². The van der Waals surface area contributed by atoms with Crippen LogP contribution in [-0.2, 0) is 11.3 Å². The van der Waals surface area contributed by atoms with Crippen molar-refractivity contribution in [1.29, 1.82) is 0 Å². The summed E-state index contributed by atoms with van der Waals surface area (Å²) in [5.41, 5.74) is -0.864. The molecule has 4 heterocycles. The minimum absolute atomic E-state index is 0.134. The van der Waals surface area contributed by atoms with Gasteiger partial charge in [0.25, 0.3) is 12.0 Å². The van der Waals surface area contributed by atoms with E-state index in [2.05, 4.69) is 15.2 Å². The number of nitrogens with one attached hydrogen (secondary N) is 1. The zero-order valence-electron chi connectivity index (χ0n) is 16.5. The Bertz CT molecular complexity index is 963. The maximum absolute atomic E-state index is 14.1. The first kappa shape index (κ1) is 21.5. The van der Waals surface area contributed by atoms with Gasteiger partial charge in [-0.15, -0.1) is 0 Å². The molecule has 0 aromatic carbocycles. The molecule has 0 spiro atoms. The molecule has 2 aromatic rings. The fourth-order valence-electron chi connectivity index (χ4n) is 4.10. The summed E-state index contributed by atoms with van der Waals surface area (Å²) in [6.45, 7) is 2.61. The molecule has 1 saturated heterocycles. The van der Waals surface area contributed by atoms with Gasteiger partial charge in [0.05, 0.1) is 24.9 Å². The highest BCUT2D eigenvalue weighted by molar-refractivity contribution is 5.49. The number of halogens is 5. The molecular formula is C18H21F5N6O2. The average molecular weight is 448 g/mol. The van der Waals surface area contributed by atoms with Gasteiger partial charge in [0.2, 0.25) is 5.95 Å². The summed E-state index contributed by atoms with van der Waals surface area (Å²) in [6, 6.07) is -2.05. The van der Waals surface area contributed by atoms with Crippen LogP contribution in [-0.4, -0.2) is 64.2 Å². The summed E-state index contributed by atoms with van der Waals surface area (Å²) in [7, 11) is 0. The second-order valence-electron chi connectivity index (χ2n) is 7.55. The predicted molar refractivity (Wildman–Crippen MR) is 100 cm³/mol. The van der Waals surface area contributed by atoms with Gasteiger partial charge in [0.1, 0.15) is 17.9 Å². The third-order valence-corrected chi connectivity index (χ3v) is 5.57. The molecule has 31 heavy (non-hydrogen) atoms. The first-order valence-electron chi connectivity index (χ1n) is 9.77. The normalized spacial score (nSPS) is 23.2. The van der Waals surface area contributed by atoms with Crippen LogP contribution in [0.15, 0.2) is 23.1 Å². The molecule has 2 aliphatic heterocycles. The number of H-pyrrole nitrogens is 1. The smallest absolute Gasteiger partial charge is 0.377 e. The van der Waals surface area contributed by atoms with Gasteiger partial charge in [-0.1, -0.05) is 0 Å². The number of anilines is 2. The van der Waals surface area contributed by atoms with Crippen molar-refractivity contribution in [3.8, 4) is 0 Å². The molecule has 1 unspecified atom stereocenters. The third-order valence-electron chi connectivity index (χ3n) is 5.57. The van der Waals surface area contributed by atoms with Crippen molar-refractivity contribution in [2.75, 3.05) is 29.6 Å². The molecule has 13 heteroatoms. The van der Waals surface area contributed by atoms with Crippen molar-refractivity contribution in [2.45, 2.75) is 50.6 Å². The Kier molecular flexibility index (Phi) is 5.62. The van der Waals surface area contributed by atoms with Crippen molar-refractivity contribution in [3.05, 3.63) is 34.4 Å². The van der Waals surface area contributed by atoms with Gasteiger partial charge in [0, 0.05) is 25.4 Å². The van der Waals surface area contributed by atoms with E-state index in [1.54, 1.807) is 4.90 Å². The topological polar surface area (TPSA) is 79.3 Å². The monoisotopic (exact) mass is 448 g/mol. The van der Waals surface area contributed by atoms with Gasteiger partial charge >= 0.3 is 6.18 Å². The number of rotatable bonds is 4. The summed E-state index contributed by atoms with van der Waals surface area (Å²) < 4.78 is 76.3. The van der Waals surface area contributed by atoms with Crippen molar-refractivity contribution < 1.29 is 26.7 Å². The van der Waals surface area contributed by atoms with Gasteiger partial charge in [-0.2, -0.15) is 23.3 Å². The molecule has 170 valence electrons. The first-order chi connectivity index (χ1) is 14.7. The number of fused-ring (bicyclic) bond motifs is 1. The maximum Gasteiger partial charge on any atom is 0.408 e. The SMILES string of the molecule is C[C@@H]1COCCN1c1cc(=O)n2c(n1)N(C(c1cc[nH]n1)C(F)F)[C@H](C(F)(F)F)CC2. The van der Waals surface area contributed by atoms with Gasteiger partial charge in [-0.25, -0.2) is 8.78 Å². The van der Waals surface area contributed by atoms with Gasteiger partial charge in [0.15, 0.2) is 0 Å². The number of alkyl halides is 5. The summed E-state index contributed by atoms with van der Waals surface area (Å²) in [5, 5.41) is 6.05. The summed E-state index contributed by atoms with van der Waals surface area (Å²) in [6.07, 6.45) is -7.32. The third kappa shape index (κ3) is 3.98. The molecule has 1 fully saturated rings. The highest BCUT2D eigenvalue weighted by atomic mass is 19.4. The van der Waals surface area contributed by atoms with Crippen LogP contribution in [0.5, 0.6) is 0 Å². The van der Waals surface area contributed by atoms with Crippen LogP contribution in [0.2, 0.25) is 0 Å². The number of aromatic nitrogens is 4. The van der Waals surface area contributed by atoms with E-state index in [1.807, 2.05) is 6.92 Å². The molecule has 0 bridgehead atoms. The Morgan fingerprint density at radius 1 is 1.29 bits per heavy atom. The van der Waals surface area contributed by atoms with Crippen molar-refractivity contribution in [1.82, 2.24) is 19.7 Å². The van der Waals surface area contributed by atoms with Gasteiger partial charge < -0.3 is 14.5 Å². The fraction of sp³-hybridized carbons (Fsp3) is 0.611. The molecule has 2 aliphatic rings. The minimum Gasteiger partial charge on any atom is -0.377 e. The largest absolute Gasteiger partial charge is 0.408 e. The second kappa shape index (κ2) is 8.09. The Hall–Kier alpha value is -2.70. The van der Waals surface area contributed by atoms with Crippen LogP contribution in [0.4, 0.5) is 33.7 Å². The molecule has 0 saturated carbocycles. The lowest BCUT2D eigenvalue weighted by molar-refractivity contribution is -0.156. The number of hydrogen-bond acceptors (Lipinski definition) is 6. The quantitative estimate of drug-likeness (QED) is 0.724. The van der Waals surface area contributed by atoms with E-state index in [-0.39, 0.29) is 24.1 Å². The molecular weight excluding hydrogens is 427 g/mol. The zero-order valence-corrected chi connectivity index (χ0v) is 16.5. The first-order valence-corrected chi connectivity index (χ1v) is 9.77. The summed E-state index contributed by atoms with van der Waals surface area (Å²) in [4.78, 5) is 19.3. The van der Waals surface area contributed by atoms with Crippen molar-refractivity contribution in [3.63, 3.8) is 0 Å². The molecule has 4 rings (SSSR count). The molecule has 0 aliphatic carbocycles. The van der Waals surface area contributed by atoms with E-state index >= 15 is 0 Å². The van der Waals surface area contributed by atoms with Crippen LogP contribution in [0.1, 0.15) is 25.1 Å². The maximum atomic E-state index is 14.1. The Morgan fingerprint density at radius 3 is 2.68 bits per heavy atom. The van der Waals surface area contributed by atoms with Gasteiger partial charge in [-0.3, -0.25) is 14.5 Å². The van der Waals surface area contributed by atoms with E-state index in [4.69, 9.17) is 4.74 Å². The standard InChI is InChI=1S/C18H21F5N6O2/c1-10-9-31-7-6-27(10)13-8-14(30)28-5-3-12(18(21,22)23)29(17(28)25-13)15(16(19)20)11-2-4-24-26-11/h2,4,8,10,12,15-16H,3,5-7,9H2,1H3,(H,24,26)/t10-,12+,15?/m1/s1. The van der Waals surface area contributed by atoms with Crippen LogP contribution in [0, 0.1) is 0 Å². The average Bonchev–Trinajstić information content (AvgIpc) is 3.21. The summed E-state index contributed by atoms with van der Waals surface area (Å²) >= 11 is 0. The fourth-order valence-corrected chi connectivity index (χ4v) is 4.10. The zero-order chi connectivity index (χ0) is 22.3. The van der Waals surface area contributed by atoms with Crippen LogP contribution < -0.4 is 15.4 Å². The minimum atomic E-state index is -4.81. The highest BCUT2D eigenvalue weighted by Crippen LogP contribution is 2.41. The number of nitrogens with zero attached hydrogens (tertiary/aromatic N) is 5. The lowest BCUT2D eigenvalue weighted by atomic mass is 10.0. The molecule has 0 radical (unpaired) electrons. The second-order valence-corrected chi connectivity index (χ2v) is 7.55.